The highest BCUT2D eigenvalue weighted by molar-refractivity contribution is 8.15. The van der Waals surface area contributed by atoms with Crippen LogP contribution in [0.4, 0.5) is 0 Å². The highest BCUT2D eigenvalue weighted by atomic mass is 32.2. The molecular formula is C12H16N2O4S. The lowest BCUT2D eigenvalue weighted by Crippen LogP contribution is -2.47. The predicted octanol–water partition coefficient (Wildman–Crippen LogP) is -0.914. The van der Waals surface area contributed by atoms with Crippen LogP contribution < -0.4 is 5.43 Å². The first-order valence-electron chi connectivity index (χ1n) is 5.84. The Morgan fingerprint density at radius 3 is 2.53 bits per heavy atom. The second-order valence-electron chi connectivity index (χ2n) is 4.18. The molecule has 0 radical (unpaired) electrons. The summed E-state index contributed by atoms with van der Waals surface area (Å²) in [6, 6.07) is 9.44. The quantitative estimate of drug-likeness (QED) is 0.479. The van der Waals surface area contributed by atoms with Crippen LogP contribution in [-0.4, -0.2) is 55.8 Å². The van der Waals surface area contributed by atoms with Crippen LogP contribution in [-0.2, 0) is 0 Å². The number of aliphatic hydroxyl groups excluding tert-OH is 4. The third-order valence-corrected chi connectivity index (χ3v) is 3.98. The van der Waals surface area contributed by atoms with Gasteiger partial charge in [-0.1, -0.05) is 42.1 Å². The van der Waals surface area contributed by atoms with Gasteiger partial charge < -0.3 is 20.4 Å². The average molecular weight is 284 g/mol. The molecule has 7 heteroatoms. The molecule has 1 heterocycles. The molecule has 0 saturated heterocycles. The van der Waals surface area contributed by atoms with Gasteiger partial charge in [-0.2, -0.15) is 5.10 Å². The van der Waals surface area contributed by atoms with E-state index in [2.05, 4.69) is 10.5 Å². The van der Waals surface area contributed by atoms with E-state index in [0.717, 1.165) is 5.56 Å². The van der Waals surface area contributed by atoms with Crippen molar-refractivity contribution in [1.29, 1.82) is 0 Å². The van der Waals surface area contributed by atoms with Crippen molar-refractivity contribution >= 4 is 16.8 Å². The zero-order valence-corrected chi connectivity index (χ0v) is 10.9. The van der Waals surface area contributed by atoms with Crippen LogP contribution >= 0.6 is 11.8 Å². The maximum Gasteiger partial charge on any atom is 0.125 e. The fourth-order valence-electron chi connectivity index (χ4n) is 1.67. The van der Waals surface area contributed by atoms with Crippen molar-refractivity contribution in [3.05, 3.63) is 35.9 Å². The van der Waals surface area contributed by atoms with Gasteiger partial charge in [0, 0.05) is 5.56 Å². The summed E-state index contributed by atoms with van der Waals surface area (Å²) in [4.78, 5) is 0. The number of nitrogens with zero attached hydrogens (tertiary/aromatic N) is 1. The van der Waals surface area contributed by atoms with Crippen LogP contribution in [0.5, 0.6) is 0 Å². The highest BCUT2D eigenvalue weighted by Gasteiger charge is 2.35. The Labute approximate surface area is 114 Å². The molecule has 0 amide bonds. The Hall–Kier alpha value is -1.12. The average Bonchev–Trinajstić information content (AvgIpc) is 2.95. The number of hydrogen-bond donors (Lipinski definition) is 5. The highest BCUT2D eigenvalue weighted by Crippen LogP contribution is 2.26. The Kier molecular flexibility index (Phi) is 4.78. The van der Waals surface area contributed by atoms with Gasteiger partial charge in [0.15, 0.2) is 0 Å². The van der Waals surface area contributed by atoms with Crippen LogP contribution in [0.2, 0.25) is 0 Å². The molecule has 19 heavy (non-hydrogen) atoms. The van der Waals surface area contributed by atoms with Gasteiger partial charge in [-0.3, -0.25) is 5.43 Å². The fraction of sp³-hybridized carbons (Fsp3) is 0.417. The minimum atomic E-state index is -1.43. The summed E-state index contributed by atoms with van der Waals surface area (Å²) in [5, 5.41) is 41.8. The van der Waals surface area contributed by atoms with Crippen molar-refractivity contribution in [1.82, 2.24) is 5.43 Å². The number of benzene rings is 1. The van der Waals surface area contributed by atoms with E-state index in [1.165, 1.54) is 11.8 Å². The minimum absolute atomic E-state index is 0.564. The Morgan fingerprint density at radius 2 is 1.89 bits per heavy atom. The van der Waals surface area contributed by atoms with Gasteiger partial charge in [0.05, 0.1) is 6.61 Å². The minimum Gasteiger partial charge on any atom is -0.394 e. The molecule has 1 aliphatic rings. The number of thioether (sulfide) groups is 1. The molecule has 1 unspecified atom stereocenters. The van der Waals surface area contributed by atoms with Crippen LogP contribution in [0.15, 0.2) is 35.4 Å². The first kappa shape index (κ1) is 14.3. The molecule has 0 saturated carbocycles. The molecule has 6 nitrogen and oxygen atoms in total. The van der Waals surface area contributed by atoms with Crippen molar-refractivity contribution in [3.8, 4) is 0 Å². The number of hydrogen-bond acceptors (Lipinski definition) is 7. The first-order valence-corrected chi connectivity index (χ1v) is 6.72. The third-order valence-electron chi connectivity index (χ3n) is 2.79. The normalized spacial score (nSPS) is 23.4. The van der Waals surface area contributed by atoms with Gasteiger partial charge in [-0.15, -0.1) is 0 Å². The fourth-order valence-corrected chi connectivity index (χ4v) is 2.69. The summed E-state index contributed by atoms with van der Waals surface area (Å²) in [6.07, 6.45) is -4.05. The van der Waals surface area contributed by atoms with E-state index in [4.69, 9.17) is 5.11 Å². The smallest absolute Gasteiger partial charge is 0.125 e. The van der Waals surface area contributed by atoms with Crippen molar-refractivity contribution in [2.24, 2.45) is 5.10 Å². The van der Waals surface area contributed by atoms with E-state index in [1.807, 2.05) is 30.3 Å². The summed E-state index contributed by atoms with van der Waals surface area (Å²) >= 11 is 1.26. The summed E-state index contributed by atoms with van der Waals surface area (Å²) in [5.74, 6) is 0. The monoisotopic (exact) mass is 284 g/mol. The van der Waals surface area contributed by atoms with E-state index >= 15 is 0 Å². The molecule has 0 aromatic heterocycles. The SMILES string of the molecule is OC[C@H](O)[C@@H](O)[C@@H](O)C1NN=C(c2ccccc2)S1. The molecule has 4 atom stereocenters. The number of nitrogens with one attached hydrogen (secondary N) is 1. The summed E-state index contributed by atoms with van der Waals surface area (Å²) in [5.41, 5.74) is 3.62. The van der Waals surface area contributed by atoms with Gasteiger partial charge in [-0.25, -0.2) is 0 Å². The molecule has 5 N–H and O–H groups in total. The van der Waals surface area contributed by atoms with Crippen molar-refractivity contribution in [2.45, 2.75) is 23.7 Å². The van der Waals surface area contributed by atoms with Crippen LogP contribution in [0.3, 0.4) is 0 Å². The maximum absolute atomic E-state index is 9.91. The van der Waals surface area contributed by atoms with Crippen molar-refractivity contribution in [2.75, 3.05) is 6.61 Å². The van der Waals surface area contributed by atoms with E-state index in [9.17, 15) is 15.3 Å². The van der Waals surface area contributed by atoms with Crippen LogP contribution in [0.1, 0.15) is 5.56 Å². The van der Waals surface area contributed by atoms with Gasteiger partial charge in [0.2, 0.25) is 0 Å². The molecule has 0 fully saturated rings. The van der Waals surface area contributed by atoms with E-state index < -0.39 is 30.3 Å². The van der Waals surface area contributed by atoms with Crippen molar-refractivity contribution < 1.29 is 20.4 Å². The van der Waals surface area contributed by atoms with Crippen molar-refractivity contribution in [3.63, 3.8) is 0 Å². The molecule has 104 valence electrons. The standard InChI is InChI=1S/C12H16N2O4S/c15-6-8(16)9(17)10(18)12-14-13-11(19-12)7-4-2-1-3-5-7/h1-5,8-10,12,14-18H,6H2/t8-,9+,10+,12?/m0/s1. The lowest BCUT2D eigenvalue weighted by atomic mass is 10.1. The summed E-state index contributed by atoms with van der Waals surface area (Å²) < 4.78 is 0. The summed E-state index contributed by atoms with van der Waals surface area (Å²) in [7, 11) is 0. The molecule has 2 rings (SSSR count). The lowest BCUT2D eigenvalue weighted by molar-refractivity contribution is -0.0779. The Morgan fingerprint density at radius 1 is 1.21 bits per heavy atom. The van der Waals surface area contributed by atoms with Crippen LogP contribution in [0, 0.1) is 0 Å². The number of rotatable bonds is 5. The largest absolute Gasteiger partial charge is 0.394 e. The van der Waals surface area contributed by atoms with Gasteiger partial charge in [0.1, 0.15) is 28.7 Å². The van der Waals surface area contributed by atoms with Gasteiger partial charge in [0.25, 0.3) is 0 Å². The molecule has 0 aliphatic carbocycles. The second-order valence-corrected chi connectivity index (χ2v) is 5.31. The van der Waals surface area contributed by atoms with Gasteiger partial charge in [-0.05, 0) is 0 Å². The topological polar surface area (TPSA) is 105 Å². The second kappa shape index (κ2) is 6.36. The lowest BCUT2D eigenvalue weighted by Gasteiger charge is -2.25. The van der Waals surface area contributed by atoms with E-state index in [1.54, 1.807) is 0 Å². The first-order chi connectivity index (χ1) is 9.13. The molecule has 1 aromatic carbocycles. The molecular weight excluding hydrogens is 268 g/mol. The predicted molar refractivity (Wildman–Crippen MR) is 72.6 cm³/mol. The van der Waals surface area contributed by atoms with E-state index in [-0.39, 0.29) is 0 Å². The van der Waals surface area contributed by atoms with E-state index in [0.29, 0.717) is 5.04 Å². The van der Waals surface area contributed by atoms with Crippen LogP contribution in [0.25, 0.3) is 0 Å². The molecule has 1 aromatic rings. The zero-order chi connectivity index (χ0) is 13.8. The number of aliphatic hydroxyl groups is 4. The third kappa shape index (κ3) is 3.26. The number of hydrazone groups is 1. The molecule has 0 bridgehead atoms. The Bertz CT molecular complexity index is 443. The maximum atomic E-state index is 9.91. The van der Waals surface area contributed by atoms with Gasteiger partial charge >= 0.3 is 0 Å². The molecule has 1 aliphatic heterocycles. The zero-order valence-electron chi connectivity index (χ0n) is 10.0. The Balaban J connectivity index is 1.97. The molecule has 0 spiro atoms. The summed E-state index contributed by atoms with van der Waals surface area (Å²) in [6.45, 7) is -0.609.